The predicted molar refractivity (Wildman–Crippen MR) is 99.6 cm³/mol. The number of amides is 1. The monoisotopic (exact) mass is 393 g/mol. The van der Waals surface area contributed by atoms with E-state index in [1.54, 1.807) is 12.1 Å². The molecule has 1 aliphatic rings. The van der Waals surface area contributed by atoms with Crippen LogP contribution >= 0.6 is 0 Å². The highest BCUT2D eigenvalue weighted by Crippen LogP contribution is 2.26. The first-order chi connectivity index (χ1) is 13.2. The summed E-state index contributed by atoms with van der Waals surface area (Å²) >= 11 is 0. The third-order valence-corrected chi connectivity index (χ3v) is 5.03. The SMILES string of the molecule is O=C(CS(=O)Cc1ccco1)NCCCOc1cccc(C2OCCO2)c1. The molecule has 1 atom stereocenters. The standard InChI is InChI=1S/C19H23NO6S/c21-18(14-27(22)13-17-6-2-8-24-17)20-7-3-9-23-16-5-1-4-15(12-16)19-25-10-11-26-19/h1-2,4-6,8,12,19H,3,7,9-11,13-14H2,(H,20,21). The number of nitrogens with one attached hydrogen (secondary N) is 1. The fourth-order valence-corrected chi connectivity index (χ4v) is 3.57. The first kappa shape index (κ1) is 19.6. The van der Waals surface area contributed by atoms with E-state index in [0.29, 0.717) is 38.5 Å². The Morgan fingerprint density at radius 2 is 2.07 bits per heavy atom. The average Bonchev–Trinajstić information content (AvgIpc) is 3.35. The molecule has 1 saturated heterocycles. The Labute approximate surface area is 160 Å². The number of furan rings is 1. The van der Waals surface area contributed by atoms with Crippen LogP contribution in [0.2, 0.25) is 0 Å². The Morgan fingerprint density at radius 3 is 2.85 bits per heavy atom. The van der Waals surface area contributed by atoms with Crippen molar-refractivity contribution in [3.05, 3.63) is 54.0 Å². The normalized spacial score (nSPS) is 15.6. The van der Waals surface area contributed by atoms with E-state index in [2.05, 4.69) is 5.32 Å². The van der Waals surface area contributed by atoms with Crippen LogP contribution in [0.5, 0.6) is 5.75 Å². The zero-order chi connectivity index (χ0) is 18.9. The lowest BCUT2D eigenvalue weighted by molar-refractivity contribution is -0.118. The summed E-state index contributed by atoms with van der Waals surface area (Å²) in [6, 6.07) is 11.1. The van der Waals surface area contributed by atoms with Crippen molar-refractivity contribution >= 4 is 16.7 Å². The highest BCUT2D eigenvalue weighted by Gasteiger charge is 2.18. The summed E-state index contributed by atoms with van der Waals surface area (Å²) in [4.78, 5) is 11.8. The number of hydrogen-bond donors (Lipinski definition) is 1. The minimum atomic E-state index is -1.28. The Hall–Kier alpha value is -2.16. The summed E-state index contributed by atoms with van der Waals surface area (Å²) in [6.45, 7) is 2.13. The third-order valence-electron chi connectivity index (χ3n) is 3.84. The molecule has 1 aromatic carbocycles. The van der Waals surface area contributed by atoms with Crippen LogP contribution in [0.4, 0.5) is 0 Å². The summed E-state index contributed by atoms with van der Waals surface area (Å²) in [5.41, 5.74) is 0.928. The highest BCUT2D eigenvalue weighted by molar-refractivity contribution is 7.84. The van der Waals surface area contributed by atoms with Gasteiger partial charge in [0.05, 0.1) is 31.8 Å². The van der Waals surface area contributed by atoms with E-state index in [1.807, 2.05) is 24.3 Å². The number of carbonyl (C=O) groups excluding carboxylic acids is 1. The quantitative estimate of drug-likeness (QED) is 0.623. The van der Waals surface area contributed by atoms with Crippen molar-refractivity contribution in [1.29, 1.82) is 0 Å². The molecule has 0 spiro atoms. The smallest absolute Gasteiger partial charge is 0.232 e. The van der Waals surface area contributed by atoms with Crippen molar-refractivity contribution in [3.63, 3.8) is 0 Å². The lowest BCUT2D eigenvalue weighted by Crippen LogP contribution is -2.30. The van der Waals surface area contributed by atoms with E-state index in [-0.39, 0.29) is 23.7 Å². The minimum Gasteiger partial charge on any atom is -0.494 e. The van der Waals surface area contributed by atoms with Gasteiger partial charge in [-0.2, -0.15) is 0 Å². The van der Waals surface area contributed by atoms with Crippen LogP contribution in [0.1, 0.15) is 24.0 Å². The molecule has 0 bridgehead atoms. The zero-order valence-electron chi connectivity index (χ0n) is 14.9. The van der Waals surface area contributed by atoms with Gasteiger partial charge >= 0.3 is 0 Å². The van der Waals surface area contributed by atoms with Gasteiger partial charge in [-0.25, -0.2) is 0 Å². The maximum Gasteiger partial charge on any atom is 0.232 e. The van der Waals surface area contributed by atoms with Crippen LogP contribution in [-0.2, 0) is 30.8 Å². The van der Waals surface area contributed by atoms with Gasteiger partial charge < -0.3 is 23.9 Å². The number of hydrogen-bond acceptors (Lipinski definition) is 6. The second-order valence-electron chi connectivity index (χ2n) is 6.01. The van der Waals surface area contributed by atoms with Crippen LogP contribution in [0.15, 0.2) is 47.1 Å². The predicted octanol–water partition coefficient (Wildman–Crippen LogP) is 2.16. The van der Waals surface area contributed by atoms with E-state index in [9.17, 15) is 9.00 Å². The molecular weight excluding hydrogens is 370 g/mol. The first-order valence-corrected chi connectivity index (χ1v) is 10.3. The van der Waals surface area contributed by atoms with Gasteiger partial charge in [0.15, 0.2) is 6.29 Å². The molecule has 27 heavy (non-hydrogen) atoms. The van der Waals surface area contributed by atoms with Crippen molar-refractivity contribution in [2.24, 2.45) is 0 Å². The maximum atomic E-state index is 11.9. The lowest BCUT2D eigenvalue weighted by Gasteiger charge is -2.12. The number of carbonyl (C=O) groups is 1. The van der Waals surface area contributed by atoms with Gasteiger partial charge in [-0.1, -0.05) is 12.1 Å². The van der Waals surface area contributed by atoms with Crippen LogP contribution in [0.25, 0.3) is 0 Å². The fourth-order valence-electron chi connectivity index (χ4n) is 2.59. The van der Waals surface area contributed by atoms with Crippen LogP contribution in [0, 0.1) is 0 Å². The molecule has 7 nitrogen and oxygen atoms in total. The van der Waals surface area contributed by atoms with Gasteiger partial charge in [-0.15, -0.1) is 0 Å². The zero-order valence-corrected chi connectivity index (χ0v) is 15.7. The molecule has 1 N–H and O–H groups in total. The van der Waals surface area contributed by atoms with Crippen LogP contribution in [-0.4, -0.2) is 42.2 Å². The molecule has 1 aliphatic heterocycles. The van der Waals surface area contributed by atoms with Gasteiger partial charge in [-0.3, -0.25) is 9.00 Å². The van der Waals surface area contributed by atoms with Crippen molar-refractivity contribution in [3.8, 4) is 5.75 Å². The highest BCUT2D eigenvalue weighted by atomic mass is 32.2. The van der Waals surface area contributed by atoms with E-state index in [0.717, 1.165) is 11.3 Å². The number of ether oxygens (including phenoxy) is 3. The number of benzene rings is 1. The summed E-state index contributed by atoms with van der Waals surface area (Å²) in [5.74, 6) is 1.32. The fraction of sp³-hybridized carbons (Fsp3) is 0.421. The van der Waals surface area contributed by atoms with Crippen molar-refractivity contribution < 1.29 is 27.6 Å². The van der Waals surface area contributed by atoms with E-state index in [4.69, 9.17) is 18.6 Å². The second kappa shape index (κ2) is 10.2. The van der Waals surface area contributed by atoms with Gasteiger partial charge in [0, 0.05) is 22.9 Å². The minimum absolute atomic E-state index is 0.0367. The van der Waals surface area contributed by atoms with E-state index < -0.39 is 10.8 Å². The van der Waals surface area contributed by atoms with Crippen molar-refractivity contribution in [2.45, 2.75) is 18.5 Å². The van der Waals surface area contributed by atoms with E-state index in [1.165, 1.54) is 6.26 Å². The molecule has 0 aliphatic carbocycles. The summed E-state index contributed by atoms with van der Waals surface area (Å²) < 4.78 is 33.7. The molecule has 1 unspecified atom stereocenters. The molecule has 8 heteroatoms. The topological polar surface area (TPSA) is 87.0 Å². The molecular formula is C19H23NO6S. The molecule has 146 valence electrons. The first-order valence-electron chi connectivity index (χ1n) is 8.81. The lowest BCUT2D eigenvalue weighted by atomic mass is 10.2. The average molecular weight is 393 g/mol. The second-order valence-corrected chi connectivity index (χ2v) is 7.46. The Morgan fingerprint density at radius 1 is 1.22 bits per heavy atom. The van der Waals surface area contributed by atoms with Gasteiger partial charge in [0.2, 0.25) is 5.91 Å². The molecule has 2 heterocycles. The van der Waals surface area contributed by atoms with Crippen molar-refractivity contribution in [1.82, 2.24) is 5.32 Å². The molecule has 1 fully saturated rings. The Balaban J connectivity index is 1.30. The van der Waals surface area contributed by atoms with Crippen LogP contribution in [0.3, 0.4) is 0 Å². The molecule has 3 rings (SSSR count). The molecule has 0 radical (unpaired) electrons. The summed E-state index contributed by atoms with van der Waals surface area (Å²) in [5, 5.41) is 2.75. The molecule has 2 aromatic rings. The van der Waals surface area contributed by atoms with Gasteiger partial charge in [0.25, 0.3) is 0 Å². The molecule has 1 amide bonds. The van der Waals surface area contributed by atoms with Gasteiger partial charge in [-0.05, 0) is 30.7 Å². The molecule has 1 aromatic heterocycles. The summed E-state index contributed by atoms with van der Waals surface area (Å²) in [7, 11) is -1.28. The Bertz CT molecular complexity index is 742. The third kappa shape index (κ3) is 6.50. The van der Waals surface area contributed by atoms with Crippen molar-refractivity contribution in [2.75, 3.05) is 32.1 Å². The van der Waals surface area contributed by atoms with E-state index >= 15 is 0 Å². The maximum absolute atomic E-state index is 11.9. The molecule has 0 saturated carbocycles. The van der Waals surface area contributed by atoms with Crippen LogP contribution < -0.4 is 10.1 Å². The van der Waals surface area contributed by atoms with Gasteiger partial charge in [0.1, 0.15) is 17.3 Å². The largest absolute Gasteiger partial charge is 0.494 e. The summed E-state index contributed by atoms with van der Waals surface area (Å²) in [6.07, 6.45) is 1.85. The Kier molecular flexibility index (Phi) is 7.44. The number of rotatable bonds is 10.